The van der Waals surface area contributed by atoms with Crippen molar-refractivity contribution in [2.75, 3.05) is 14.1 Å². The van der Waals surface area contributed by atoms with Crippen LogP contribution in [-0.2, 0) is 0 Å². The average Bonchev–Trinajstić information content (AvgIpc) is 1.90. The highest BCUT2D eigenvalue weighted by Crippen LogP contribution is 1.79. The molecular weight excluding hydrogens is 124 g/mol. The summed E-state index contributed by atoms with van der Waals surface area (Å²) < 4.78 is 0. The molecule has 0 radical (unpaired) electrons. The molecule has 10 heavy (non-hydrogen) atoms. The Morgan fingerprint density at radius 1 is 0.800 bits per heavy atom. The molecule has 56 valence electrons. The smallest absolute Gasteiger partial charge is 0.00105 e. The molecule has 2 heteroatoms. The standard InChI is InChI=1S/C6H6.C2H8N2/c1-2-4-6-5-3-1;1-4(2)3/h1-6H;3H2,1-2H3. The Morgan fingerprint density at radius 3 is 1.00 bits per heavy atom. The molecule has 0 aliphatic carbocycles. The summed E-state index contributed by atoms with van der Waals surface area (Å²) in [6.07, 6.45) is 0. The second-order valence-electron chi connectivity index (χ2n) is 2.12. The monoisotopic (exact) mass is 138 g/mol. The van der Waals surface area contributed by atoms with Crippen LogP contribution in [0.4, 0.5) is 0 Å². The van der Waals surface area contributed by atoms with Gasteiger partial charge < -0.3 is 0 Å². The predicted molar refractivity (Wildman–Crippen MR) is 44.3 cm³/mol. The van der Waals surface area contributed by atoms with Gasteiger partial charge in [0.25, 0.3) is 0 Å². The maximum atomic E-state index is 4.94. The highest BCUT2D eigenvalue weighted by atomic mass is 15.4. The average molecular weight is 138 g/mol. The van der Waals surface area contributed by atoms with Crippen molar-refractivity contribution in [3.63, 3.8) is 0 Å². The van der Waals surface area contributed by atoms with E-state index >= 15 is 0 Å². The Morgan fingerprint density at radius 2 is 0.900 bits per heavy atom. The van der Waals surface area contributed by atoms with Gasteiger partial charge in [-0.3, -0.25) is 10.9 Å². The van der Waals surface area contributed by atoms with Crippen LogP contribution >= 0.6 is 0 Å². The predicted octanol–water partition coefficient (Wildman–Crippen LogP) is 1.11. The van der Waals surface area contributed by atoms with Gasteiger partial charge in [0.1, 0.15) is 0 Å². The molecule has 0 saturated carbocycles. The molecule has 2 nitrogen and oxygen atoms in total. The zero-order valence-electron chi connectivity index (χ0n) is 6.49. The number of nitrogens with two attached hydrogens (primary N) is 1. The van der Waals surface area contributed by atoms with E-state index in [1.165, 1.54) is 5.01 Å². The van der Waals surface area contributed by atoms with Crippen LogP contribution in [0, 0.1) is 0 Å². The first kappa shape index (κ1) is 9.14. The molecule has 1 aromatic rings. The number of hydrogen-bond acceptors (Lipinski definition) is 2. The third-order valence-electron chi connectivity index (χ3n) is 0.667. The maximum absolute atomic E-state index is 4.94. The second kappa shape index (κ2) is 6.26. The van der Waals surface area contributed by atoms with E-state index in [4.69, 9.17) is 5.84 Å². The summed E-state index contributed by atoms with van der Waals surface area (Å²) in [6, 6.07) is 12.0. The van der Waals surface area contributed by atoms with Crippen molar-refractivity contribution in [3.8, 4) is 0 Å². The summed E-state index contributed by atoms with van der Waals surface area (Å²) in [4.78, 5) is 0. The Balaban J connectivity index is 0.000000180. The van der Waals surface area contributed by atoms with Crippen molar-refractivity contribution < 1.29 is 0 Å². The molecule has 2 N–H and O–H groups in total. The van der Waals surface area contributed by atoms with Crippen LogP contribution in [0.5, 0.6) is 0 Å². The minimum absolute atomic E-state index is 1.50. The SMILES string of the molecule is CN(C)N.c1ccccc1. The van der Waals surface area contributed by atoms with Gasteiger partial charge in [-0.25, -0.2) is 0 Å². The fourth-order valence-corrected chi connectivity index (χ4v) is 0.385. The van der Waals surface area contributed by atoms with Crippen molar-refractivity contribution in [1.82, 2.24) is 5.01 Å². The van der Waals surface area contributed by atoms with Crippen molar-refractivity contribution in [3.05, 3.63) is 36.4 Å². The van der Waals surface area contributed by atoms with Crippen molar-refractivity contribution >= 4 is 0 Å². The summed E-state index contributed by atoms with van der Waals surface area (Å²) in [5, 5.41) is 1.50. The molecule has 0 amide bonds. The van der Waals surface area contributed by atoms with E-state index < -0.39 is 0 Å². The molecule has 0 atom stereocenters. The Labute approximate surface area is 62.2 Å². The van der Waals surface area contributed by atoms with Crippen molar-refractivity contribution in [1.29, 1.82) is 0 Å². The molecule has 1 rings (SSSR count). The molecule has 0 fully saturated rings. The minimum Gasteiger partial charge on any atom is -0.269 e. The van der Waals surface area contributed by atoms with Crippen LogP contribution in [0.15, 0.2) is 36.4 Å². The number of rotatable bonds is 0. The zero-order chi connectivity index (χ0) is 7.82. The molecule has 0 aliphatic rings. The third-order valence-corrected chi connectivity index (χ3v) is 0.667. The van der Waals surface area contributed by atoms with Crippen LogP contribution < -0.4 is 5.84 Å². The van der Waals surface area contributed by atoms with Gasteiger partial charge in [-0.05, 0) is 0 Å². The van der Waals surface area contributed by atoms with Crippen LogP contribution in [0.25, 0.3) is 0 Å². The number of benzene rings is 1. The lowest BCUT2D eigenvalue weighted by atomic mass is 10.4. The molecular formula is C8H14N2. The molecule has 0 saturated heterocycles. The van der Waals surface area contributed by atoms with Crippen LogP contribution in [0.1, 0.15) is 0 Å². The van der Waals surface area contributed by atoms with Crippen molar-refractivity contribution in [2.45, 2.75) is 0 Å². The first-order valence-electron chi connectivity index (χ1n) is 3.15. The van der Waals surface area contributed by atoms with Gasteiger partial charge in [-0.2, -0.15) is 0 Å². The molecule has 0 spiro atoms. The van der Waals surface area contributed by atoms with E-state index in [0.29, 0.717) is 0 Å². The lowest BCUT2D eigenvalue weighted by molar-refractivity contribution is 0.432. The molecule has 0 aliphatic heterocycles. The molecule has 0 heterocycles. The first-order chi connectivity index (χ1) is 4.73. The lowest BCUT2D eigenvalue weighted by Gasteiger charge is -1.91. The summed E-state index contributed by atoms with van der Waals surface area (Å²) >= 11 is 0. The molecule has 1 aromatic carbocycles. The maximum Gasteiger partial charge on any atom is 0.00105 e. The van der Waals surface area contributed by atoms with Gasteiger partial charge in [0.2, 0.25) is 0 Å². The number of hydrazine groups is 1. The first-order valence-corrected chi connectivity index (χ1v) is 3.15. The van der Waals surface area contributed by atoms with Crippen molar-refractivity contribution in [2.24, 2.45) is 5.84 Å². The molecule has 0 bridgehead atoms. The number of hydrogen-bond donors (Lipinski definition) is 1. The second-order valence-corrected chi connectivity index (χ2v) is 2.12. The lowest BCUT2D eigenvalue weighted by Crippen LogP contribution is -2.18. The van der Waals surface area contributed by atoms with E-state index in [2.05, 4.69) is 0 Å². The highest BCUT2D eigenvalue weighted by molar-refractivity contribution is 4.99. The summed E-state index contributed by atoms with van der Waals surface area (Å²) in [5.74, 6) is 4.94. The van der Waals surface area contributed by atoms with Gasteiger partial charge in [0.05, 0.1) is 0 Å². The Bertz CT molecular complexity index is 108. The minimum atomic E-state index is 1.50. The number of nitrogens with zero attached hydrogens (tertiary/aromatic N) is 1. The topological polar surface area (TPSA) is 29.3 Å². The van der Waals surface area contributed by atoms with E-state index in [1.54, 1.807) is 14.1 Å². The summed E-state index contributed by atoms with van der Waals surface area (Å²) in [7, 11) is 3.56. The highest BCUT2D eigenvalue weighted by Gasteiger charge is 1.58. The van der Waals surface area contributed by atoms with E-state index in [1.807, 2.05) is 36.4 Å². The Hall–Kier alpha value is -0.860. The van der Waals surface area contributed by atoms with E-state index in [9.17, 15) is 0 Å². The normalized spacial score (nSPS) is 8.40. The van der Waals surface area contributed by atoms with Crippen LogP contribution in [0.3, 0.4) is 0 Å². The van der Waals surface area contributed by atoms with E-state index in [-0.39, 0.29) is 0 Å². The largest absolute Gasteiger partial charge is 0.269 e. The molecule has 0 unspecified atom stereocenters. The zero-order valence-corrected chi connectivity index (χ0v) is 6.49. The quantitative estimate of drug-likeness (QED) is 0.430. The molecule has 0 aromatic heterocycles. The van der Waals surface area contributed by atoms with Crippen LogP contribution in [-0.4, -0.2) is 19.1 Å². The van der Waals surface area contributed by atoms with Gasteiger partial charge in [0.15, 0.2) is 0 Å². The van der Waals surface area contributed by atoms with E-state index in [0.717, 1.165) is 0 Å². The van der Waals surface area contributed by atoms with Gasteiger partial charge in [-0.15, -0.1) is 0 Å². The summed E-state index contributed by atoms with van der Waals surface area (Å²) in [6.45, 7) is 0. The Kier molecular flexibility index (Phi) is 5.72. The van der Waals surface area contributed by atoms with Gasteiger partial charge >= 0.3 is 0 Å². The fourth-order valence-electron chi connectivity index (χ4n) is 0.385. The third kappa shape index (κ3) is 10.2. The fraction of sp³-hybridized carbons (Fsp3) is 0.250. The van der Waals surface area contributed by atoms with Gasteiger partial charge in [-0.1, -0.05) is 36.4 Å². The van der Waals surface area contributed by atoms with Crippen LogP contribution in [0.2, 0.25) is 0 Å². The van der Waals surface area contributed by atoms with Gasteiger partial charge in [0, 0.05) is 14.1 Å². The summed E-state index contributed by atoms with van der Waals surface area (Å²) in [5.41, 5.74) is 0.